The Morgan fingerprint density at radius 1 is 1.11 bits per heavy atom. The molecule has 0 spiro atoms. The summed E-state index contributed by atoms with van der Waals surface area (Å²) in [5.74, 6) is 0.753. The van der Waals surface area contributed by atoms with E-state index in [-0.39, 0.29) is 0 Å². The summed E-state index contributed by atoms with van der Waals surface area (Å²) in [6.45, 7) is 0.443. The normalized spacial score (nSPS) is 9.95. The number of benzene rings is 2. The minimum absolute atomic E-state index is 0.443. The fourth-order valence-corrected chi connectivity index (χ4v) is 1.65. The molecule has 0 radical (unpaired) electrons. The molecule has 2 rings (SSSR count). The number of nitrogens with two attached hydrogens (primary N) is 1. The van der Waals surface area contributed by atoms with Crippen LogP contribution in [0.1, 0.15) is 5.56 Å². The smallest absolute Gasteiger partial charge is 0.316 e. The monoisotopic (exact) mass is 276 g/mol. The molecule has 0 heterocycles. The minimum atomic E-state index is -0.579. The Hall–Kier alpha value is -2.20. The molecule has 0 aliphatic rings. The molecule has 0 bridgehead atoms. The molecule has 2 amide bonds. The number of halogens is 1. The van der Waals surface area contributed by atoms with Gasteiger partial charge in [-0.05, 0) is 42.0 Å². The van der Waals surface area contributed by atoms with E-state index in [4.69, 9.17) is 22.1 Å². The van der Waals surface area contributed by atoms with E-state index in [2.05, 4.69) is 5.32 Å². The highest BCUT2D eigenvalue weighted by Gasteiger charge is 1.98. The highest BCUT2D eigenvalue weighted by Crippen LogP contribution is 2.17. The maximum Gasteiger partial charge on any atom is 0.316 e. The van der Waals surface area contributed by atoms with Gasteiger partial charge in [0.25, 0.3) is 0 Å². The van der Waals surface area contributed by atoms with Gasteiger partial charge in [-0.25, -0.2) is 4.79 Å². The lowest BCUT2D eigenvalue weighted by Gasteiger charge is -2.07. The predicted octanol–water partition coefficient (Wildman–Crippen LogP) is 3.41. The third-order valence-corrected chi connectivity index (χ3v) is 2.69. The Morgan fingerprint density at radius 2 is 1.74 bits per heavy atom. The van der Waals surface area contributed by atoms with Gasteiger partial charge in [0, 0.05) is 10.7 Å². The fourth-order valence-electron chi connectivity index (χ4n) is 1.52. The van der Waals surface area contributed by atoms with Crippen LogP contribution in [0.3, 0.4) is 0 Å². The molecule has 2 aromatic rings. The van der Waals surface area contributed by atoms with Crippen molar-refractivity contribution >= 4 is 23.3 Å². The Kier molecular flexibility index (Phi) is 4.26. The van der Waals surface area contributed by atoms with E-state index in [9.17, 15) is 4.79 Å². The van der Waals surface area contributed by atoms with Crippen LogP contribution in [0.25, 0.3) is 0 Å². The van der Waals surface area contributed by atoms with E-state index in [1.54, 1.807) is 24.3 Å². The maximum absolute atomic E-state index is 10.7. The molecule has 19 heavy (non-hydrogen) atoms. The van der Waals surface area contributed by atoms with Crippen molar-refractivity contribution in [2.24, 2.45) is 5.73 Å². The van der Waals surface area contributed by atoms with Gasteiger partial charge in [0.2, 0.25) is 0 Å². The van der Waals surface area contributed by atoms with Gasteiger partial charge in [0.15, 0.2) is 0 Å². The number of nitrogens with one attached hydrogen (secondary N) is 1. The van der Waals surface area contributed by atoms with Gasteiger partial charge in [-0.2, -0.15) is 0 Å². The molecule has 0 saturated carbocycles. The number of amides is 2. The van der Waals surface area contributed by atoms with E-state index in [1.807, 2.05) is 24.3 Å². The lowest BCUT2D eigenvalue weighted by molar-refractivity contribution is 0.259. The molecule has 0 unspecified atom stereocenters. The number of primary amides is 1. The number of rotatable bonds is 4. The predicted molar refractivity (Wildman–Crippen MR) is 75.4 cm³/mol. The summed E-state index contributed by atoms with van der Waals surface area (Å²) in [7, 11) is 0. The number of ether oxygens (including phenoxy) is 1. The summed E-state index contributed by atoms with van der Waals surface area (Å²) in [6, 6.07) is 13.9. The van der Waals surface area contributed by atoms with E-state index in [1.165, 1.54) is 0 Å². The number of urea groups is 1. The first-order valence-corrected chi connectivity index (χ1v) is 6.05. The van der Waals surface area contributed by atoms with E-state index < -0.39 is 6.03 Å². The summed E-state index contributed by atoms with van der Waals surface area (Å²) in [5.41, 5.74) is 6.67. The Balaban J connectivity index is 1.92. The average Bonchev–Trinajstić information content (AvgIpc) is 2.39. The van der Waals surface area contributed by atoms with Gasteiger partial charge in [0.05, 0.1) is 0 Å². The van der Waals surface area contributed by atoms with Crippen molar-refractivity contribution in [2.45, 2.75) is 6.61 Å². The first kappa shape index (κ1) is 13.2. The summed E-state index contributed by atoms with van der Waals surface area (Å²) in [6.07, 6.45) is 0. The molecular formula is C14H13ClN2O2. The molecule has 3 N–H and O–H groups in total. The average molecular weight is 277 g/mol. The van der Waals surface area contributed by atoms with Crippen molar-refractivity contribution in [3.63, 3.8) is 0 Å². The fraction of sp³-hybridized carbons (Fsp3) is 0.0714. The number of carbonyl (C=O) groups is 1. The van der Waals surface area contributed by atoms with Gasteiger partial charge in [-0.15, -0.1) is 0 Å². The minimum Gasteiger partial charge on any atom is -0.489 e. The molecule has 0 saturated heterocycles. The van der Waals surface area contributed by atoms with Crippen molar-refractivity contribution < 1.29 is 9.53 Å². The summed E-state index contributed by atoms with van der Waals surface area (Å²) >= 11 is 5.79. The van der Waals surface area contributed by atoms with Gasteiger partial charge in [0.1, 0.15) is 12.4 Å². The van der Waals surface area contributed by atoms with E-state index in [0.29, 0.717) is 17.3 Å². The molecular weight excluding hydrogens is 264 g/mol. The molecule has 0 fully saturated rings. The largest absolute Gasteiger partial charge is 0.489 e. The van der Waals surface area contributed by atoms with Crippen molar-refractivity contribution in [3.8, 4) is 5.75 Å². The zero-order chi connectivity index (χ0) is 13.7. The second kappa shape index (κ2) is 6.11. The van der Waals surface area contributed by atoms with Crippen LogP contribution in [0.15, 0.2) is 48.5 Å². The molecule has 98 valence electrons. The van der Waals surface area contributed by atoms with E-state index >= 15 is 0 Å². The third kappa shape index (κ3) is 4.19. The number of hydrogen-bond donors (Lipinski definition) is 2. The van der Waals surface area contributed by atoms with Crippen LogP contribution in [0.4, 0.5) is 10.5 Å². The maximum atomic E-state index is 10.7. The van der Waals surface area contributed by atoms with Crippen LogP contribution in [-0.2, 0) is 6.61 Å². The van der Waals surface area contributed by atoms with Crippen LogP contribution in [0.5, 0.6) is 5.75 Å². The van der Waals surface area contributed by atoms with E-state index in [0.717, 1.165) is 11.3 Å². The molecule has 2 aromatic carbocycles. The summed E-state index contributed by atoms with van der Waals surface area (Å²) in [4.78, 5) is 10.7. The topological polar surface area (TPSA) is 64.4 Å². The van der Waals surface area contributed by atoms with Crippen molar-refractivity contribution in [1.82, 2.24) is 0 Å². The molecule has 0 aliphatic carbocycles. The molecule has 5 heteroatoms. The number of carbonyl (C=O) groups excluding carboxylic acids is 1. The third-order valence-electron chi connectivity index (χ3n) is 2.44. The first-order valence-electron chi connectivity index (χ1n) is 5.67. The lowest BCUT2D eigenvalue weighted by Crippen LogP contribution is -2.19. The Labute approximate surface area is 116 Å². The number of hydrogen-bond acceptors (Lipinski definition) is 2. The number of anilines is 1. The zero-order valence-corrected chi connectivity index (χ0v) is 10.9. The highest BCUT2D eigenvalue weighted by molar-refractivity contribution is 6.30. The van der Waals surface area contributed by atoms with Crippen molar-refractivity contribution in [3.05, 3.63) is 59.1 Å². The van der Waals surface area contributed by atoms with Crippen molar-refractivity contribution in [2.75, 3.05) is 5.32 Å². The van der Waals surface area contributed by atoms with Crippen LogP contribution >= 0.6 is 11.6 Å². The van der Waals surface area contributed by atoms with Crippen LogP contribution in [0.2, 0.25) is 5.02 Å². The van der Waals surface area contributed by atoms with Crippen molar-refractivity contribution in [1.29, 1.82) is 0 Å². The van der Waals surface area contributed by atoms with Crippen LogP contribution in [-0.4, -0.2) is 6.03 Å². The summed E-state index contributed by atoms with van der Waals surface area (Å²) < 4.78 is 5.60. The van der Waals surface area contributed by atoms with Gasteiger partial charge in [-0.1, -0.05) is 23.7 Å². The second-order valence-electron chi connectivity index (χ2n) is 3.93. The van der Waals surface area contributed by atoms with Crippen LogP contribution in [0, 0.1) is 0 Å². The standard InChI is InChI=1S/C14H13ClN2O2/c15-11-3-7-13(8-4-11)19-9-10-1-5-12(6-2-10)17-14(16)18/h1-8H,9H2,(H3,16,17,18). The first-order chi connectivity index (χ1) is 9.13. The van der Waals surface area contributed by atoms with Crippen LogP contribution < -0.4 is 15.8 Å². The lowest BCUT2D eigenvalue weighted by atomic mass is 10.2. The Morgan fingerprint density at radius 3 is 2.32 bits per heavy atom. The summed E-state index contributed by atoms with van der Waals surface area (Å²) in [5, 5.41) is 3.17. The highest BCUT2D eigenvalue weighted by atomic mass is 35.5. The van der Waals surface area contributed by atoms with Gasteiger partial charge in [-0.3, -0.25) is 0 Å². The quantitative estimate of drug-likeness (QED) is 0.899. The molecule has 4 nitrogen and oxygen atoms in total. The Bertz CT molecular complexity index is 553. The second-order valence-corrected chi connectivity index (χ2v) is 4.37. The molecule has 0 aromatic heterocycles. The molecule has 0 aliphatic heterocycles. The SMILES string of the molecule is NC(=O)Nc1ccc(COc2ccc(Cl)cc2)cc1. The van der Waals surface area contributed by atoms with Gasteiger partial charge >= 0.3 is 6.03 Å². The van der Waals surface area contributed by atoms with Gasteiger partial charge < -0.3 is 15.8 Å². The molecule has 0 atom stereocenters. The zero-order valence-electron chi connectivity index (χ0n) is 10.1.